The van der Waals surface area contributed by atoms with Crippen LogP contribution in [0.2, 0.25) is 0 Å². The molecule has 4 aliphatic rings. The van der Waals surface area contributed by atoms with Crippen molar-refractivity contribution >= 4 is 97.9 Å². The Morgan fingerprint density at radius 2 is 1.33 bits per heavy atom. The minimum atomic E-state index is -1.10. The number of anilines is 2. The molecule has 0 unspecified atom stereocenters. The second kappa shape index (κ2) is 28.4. The topological polar surface area (TPSA) is 294 Å². The van der Waals surface area contributed by atoms with Crippen LogP contribution < -0.4 is 26.2 Å². The predicted octanol–water partition coefficient (Wildman–Crippen LogP) is 4.47. The molecule has 4 heterocycles. The summed E-state index contributed by atoms with van der Waals surface area (Å²) in [5.74, 6) is -4.49. The summed E-state index contributed by atoms with van der Waals surface area (Å²) in [5, 5.41) is 24.9. The highest BCUT2D eigenvalue weighted by molar-refractivity contribution is 6.26. The molecular weight excluding hydrogens is 1170 g/mol. The van der Waals surface area contributed by atoms with E-state index in [-0.39, 0.29) is 49.7 Å². The summed E-state index contributed by atoms with van der Waals surface area (Å²) in [6, 6.07) is 31.2. The van der Waals surface area contributed by atoms with Crippen LogP contribution in [0.25, 0.3) is 21.5 Å². The summed E-state index contributed by atoms with van der Waals surface area (Å²) in [6.07, 6.45) is 2.45. The Bertz CT molecular complexity index is 3870. The highest BCUT2D eigenvalue weighted by Gasteiger charge is 2.35. The van der Waals surface area contributed by atoms with E-state index in [1.165, 1.54) is 24.0 Å². The molecule has 472 valence electrons. The van der Waals surface area contributed by atoms with Crippen LogP contribution in [0.4, 0.5) is 21.9 Å². The predicted molar refractivity (Wildman–Crippen MR) is 336 cm³/mol. The van der Waals surface area contributed by atoms with Crippen molar-refractivity contribution in [3.63, 3.8) is 0 Å². The second-order valence-corrected chi connectivity index (χ2v) is 23.0. The third kappa shape index (κ3) is 15.0. The number of hydrogen-bond donors (Lipinski definition) is 4. The Balaban J connectivity index is 0.642. The van der Waals surface area contributed by atoms with Crippen molar-refractivity contribution in [3.05, 3.63) is 171 Å². The zero-order valence-electron chi connectivity index (χ0n) is 50.7. The molecule has 0 aromatic heterocycles. The Morgan fingerprint density at radius 3 is 2.04 bits per heavy atom. The number of amides is 10. The van der Waals surface area contributed by atoms with Gasteiger partial charge in [0.2, 0.25) is 23.6 Å². The largest absolute Gasteiger partial charge is 0.445 e. The van der Waals surface area contributed by atoms with Crippen LogP contribution in [0.15, 0.2) is 127 Å². The maximum atomic E-state index is 14.1. The summed E-state index contributed by atoms with van der Waals surface area (Å²) < 4.78 is 5.73. The lowest BCUT2D eigenvalue weighted by Crippen LogP contribution is -2.53. The van der Waals surface area contributed by atoms with Crippen molar-refractivity contribution in [2.24, 2.45) is 0 Å². The first-order valence-corrected chi connectivity index (χ1v) is 30.1. The van der Waals surface area contributed by atoms with Gasteiger partial charge in [0.25, 0.3) is 35.2 Å². The van der Waals surface area contributed by atoms with E-state index in [1.807, 2.05) is 66.4 Å². The number of nitrogens with zero attached hydrogens (tertiary/aromatic N) is 8. The summed E-state index contributed by atoms with van der Waals surface area (Å²) in [7, 11) is 3.94. The molecule has 25 heteroatoms. The first-order chi connectivity index (χ1) is 43.8. The number of non-ortho nitro benzene ring substituents is 1. The fraction of sp³-hybridized carbons (Fsp3) is 0.333. The fourth-order valence-corrected chi connectivity index (χ4v) is 11.7. The first kappa shape index (κ1) is 63.6. The maximum Gasteiger partial charge on any atom is 0.410 e. The van der Waals surface area contributed by atoms with Gasteiger partial charge in [-0.25, -0.2) is 4.79 Å². The van der Waals surface area contributed by atoms with Gasteiger partial charge < -0.3 is 50.5 Å². The van der Waals surface area contributed by atoms with Crippen molar-refractivity contribution in [1.82, 2.24) is 45.3 Å². The van der Waals surface area contributed by atoms with Gasteiger partial charge in [0.05, 0.1) is 17.0 Å². The number of likely N-dealkylation sites (N-methyl/N-ethyl adjacent to an activating group) is 2. The molecule has 4 aliphatic heterocycles. The van der Waals surface area contributed by atoms with Gasteiger partial charge in [-0.2, -0.15) is 0 Å². The summed E-state index contributed by atoms with van der Waals surface area (Å²) in [5.41, 5.74) is 4.83. The van der Waals surface area contributed by atoms with Gasteiger partial charge in [-0.15, -0.1) is 0 Å². The molecule has 2 atom stereocenters. The standard InChI is InChI=1S/C66H70N12O13/c1-42(68-56(80)39-67-55(79)24-27-76-57(81)22-23-58(76)82)61(83)70-53(36-43-10-5-4-6-11-43)62(84)69-47-18-16-44(17-19-47)41-91-66(88)74-33-31-73(32-34-74)54-21-20-51-60-46(13-8-14-49(54)60)40-75(63(51)85)30-28-71(2)25-9-26-72(3)29-35-77-64(86)50-15-7-12-45-37-48(78(89)90)38-52(59(45)50)65(77)87/h4-8,10-23,37-38,42,53H,9,24-36,39-41H2,1-3H3,(H,67,79)(H,68,80)(H,69,84)(H,70,83)/t42-,53-/m0/s1. The number of rotatable bonds is 26. The van der Waals surface area contributed by atoms with Crippen molar-refractivity contribution in [2.45, 2.75) is 51.4 Å². The average molecular weight is 1240 g/mol. The summed E-state index contributed by atoms with van der Waals surface area (Å²) in [4.78, 5) is 153. The van der Waals surface area contributed by atoms with Crippen molar-refractivity contribution in [1.29, 1.82) is 0 Å². The smallest absolute Gasteiger partial charge is 0.410 e. The Morgan fingerprint density at radius 1 is 0.648 bits per heavy atom. The maximum absolute atomic E-state index is 14.1. The lowest BCUT2D eigenvalue weighted by Gasteiger charge is -2.37. The highest BCUT2D eigenvalue weighted by Crippen LogP contribution is 2.37. The molecule has 6 aromatic rings. The molecule has 1 fully saturated rings. The average Bonchev–Trinajstić information content (AvgIpc) is 1.11. The van der Waals surface area contributed by atoms with Crippen molar-refractivity contribution in [3.8, 4) is 0 Å². The van der Waals surface area contributed by atoms with Crippen LogP contribution in [0.3, 0.4) is 0 Å². The van der Waals surface area contributed by atoms with Gasteiger partial charge in [0.1, 0.15) is 18.7 Å². The van der Waals surface area contributed by atoms with Crippen LogP contribution in [0, 0.1) is 10.1 Å². The van der Waals surface area contributed by atoms with Gasteiger partial charge >= 0.3 is 6.09 Å². The lowest BCUT2D eigenvalue weighted by molar-refractivity contribution is -0.384. The van der Waals surface area contributed by atoms with Crippen LogP contribution in [0.1, 0.15) is 67.5 Å². The molecule has 0 radical (unpaired) electrons. The molecule has 91 heavy (non-hydrogen) atoms. The van der Waals surface area contributed by atoms with Crippen molar-refractivity contribution in [2.75, 3.05) is 103 Å². The van der Waals surface area contributed by atoms with E-state index in [4.69, 9.17) is 4.74 Å². The van der Waals surface area contributed by atoms with Gasteiger partial charge in [0.15, 0.2) is 0 Å². The zero-order valence-corrected chi connectivity index (χ0v) is 50.7. The summed E-state index contributed by atoms with van der Waals surface area (Å²) >= 11 is 0. The molecule has 0 aliphatic carbocycles. The van der Waals surface area contributed by atoms with Crippen LogP contribution in [-0.2, 0) is 53.1 Å². The molecule has 0 spiro atoms. The monoisotopic (exact) mass is 1240 g/mol. The molecule has 0 bridgehead atoms. The van der Waals surface area contributed by atoms with Gasteiger partial charge in [0, 0.05) is 141 Å². The molecule has 10 amide bonds. The number of nitro benzene ring substituents is 1. The third-order valence-corrected chi connectivity index (χ3v) is 16.7. The zero-order chi connectivity index (χ0) is 64.5. The number of piperazine rings is 1. The molecule has 10 rings (SSSR count). The molecule has 1 saturated heterocycles. The number of ether oxygens (including phenoxy) is 1. The molecule has 25 nitrogen and oxygen atoms in total. The number of hydrogen-bond acceptors (Lipinski definition) is 16. The minimum Gasteiger partial charge on any atom is -0.445 e. The van der Waals surface area contributed by atoms with E-state index in [9.17, 15) is 58.1 Å². The number of carbonyl (C=O) groups is 10. The number of carbonyl (C=O) groups excluding carboxylic acids is 10. The Hall–Kier alpha value is -10.4. The van der Waals surface area contributed by atoms with Crippen molar-refractivity contribution < 1.29 is 57.6 Å². The molecule has 4 N–H and O–H groups in total. The highest BCUT2D eigenvalue weighted by atomic mass is 16.6. The van der Waals surface area contributed by atoms with Gasteiger partial charge in [-0.3, -0.25) is 63.1 Å². The number of nitrogens with one attached hydrogen (secondary N) is 4. The minimum absolute atomic E-state index is 0.0242. The SMILES string of the molecule is C[C@H](NC(=O)CNC(=O)CCN1C(=O)C=CC1=O)C(=O)N[C@@H](Cc1ccccc1)C(=O)Nc1ccc(COC(=O)N2CCN(c3ccc4c5c(cccc35)CN(CCN(C)CCCN(C)CCN3C(=O)c5cccc6cc([N+](=O)[O-])cc(c56)C3=O)C4=O)CC2)cc1. The van der Waals surface area contributed by atoms with E-state index in [0.717, 1.165) is 57.6 Å². The van der Waals surface area contributed by atoms with Crippen LogP contribution in [-0.4, -0.2) is 198 Å². The van der Waals surface area contributed by atoms with E-state index < -0.39 is 76.9 Å². The number of imide groups is 2. The normalized spacial score (nSPS) is 15.2. The second-order valence-electron chi connectivity index (χ2n) is 23.0. The van der Waals surface area contributed by atoms with Gasteiger partial charge in [-0.05, 0) is 92.9 Å². The van der Waals surface area contributed by atoms with E-state index in [2.05, 4.69) is 37.1 Å². The van der Waals surface area contributed by atoms with E-state index in [1.54, 1.807) is 59.5 Å². The fourth-order valence-electron chi connectivity index (χ4n) is 11.7. The number of benzene rings is 6. The number of nitro groups is 1. The Labute approximate surface area is 524 Å². The van der Waals surface area contributed by atoms with Gasteiger partial charge in [-0.1, -0.05) is 72.8 Å². The van der Waals surface area contributed by atoms with Crippen LogP contribution in [0.5, 0.6) is 0 Å². The first-order valence-electron chi connectivity index (χ1n) is 30.1. The lowest BCUT2D eigenvalue weighted by atomic mass is 9.93. The molecule has 0 saturated carbocycles. The molecule has 6 aromatic carbocycles. The molecular formula is C66H70N12O13. The van der Waals surface area contributed by atoms with E-state index >= 15 is 0 Å². The quantitative estimate of drug-likeness (QED) is 0.0331. The summed E-state index contributed by atoms with van der Waals surface area (Å²) in [6.45, 7) is 6.28. The van der Waals surface area contributed by atoms with E-state index in [0.29, 0.717) is 92.1 Å². The Kier molecular flexibility index (Phi) is 19.8. The third-order valence-electron chi connectivity index (χ3n) is 16.7. The van der Waals surface area contributed by atoms with Crippen LogP contribution >= 0.6 is 0 Å².